The highest BCUT2D eigenvalue weighted by molar-refractivity contribution is 5.91. The van der Waals surface area contributed by atoms with Crippen LogP contribution in [0.1, 0.15) is 55.8 Å². The summed E-state index contributed by atoms with van der Waals surface area (Å²) in [7, 11) is 0. The van der Waals surface area contributed by atoms with Crippen LogP contribution in [0.5, 0.6) is 0 Å². The number of likely N-dealkylation sites (tertiary alicyclic amines) is 1. The predicted octanol–water partition coefficient (Wildman–Crippen LogP) is 2.39. The molecular formula is C18H26N2O5. The third-order valence-corrected chi connectivity index (χ3v) is 5.23. The number of carbonyl (C=O) groups is 2. The topological polar surface area (TPSA) is 83.2 Å². The third kappa shape index (κ3) is 3.51. The fraction of sp³-hybridized carbons (Fsp3) is 0.667. The molecule has 3 rings (SSSR count). The van der Waals surface area contributed by atoms with Crippen LogP contribution < -0.4 is 0 Å². The highest BCUT2D eigenvalue weighted by Crippen LogP contribution is 2.35. The van der Waals surface area contributed by atoms with E-state index >= 15 is 0 Å². The number of carbonyl (C=O) groups excluding carboxylic acids is 2. The number of piperidine rings is 1. The molecule has 1 atom stereocenters. The zero-order valence-electron chi connectivity index (χ0n) is 14.9. The second-order valence-corrected chi connectivity index (χ2v) is 7.03. The first kappa shape index (κ1) is 17.8. The van der Waals surface area contributed by atoms with Crippen molar-refractivity contribution < 1.29 is 23.8 Å². The van der Waals surface area contributed by atoms with Crippen molar-refractivity contribution in [3.63, 3.8) is 0 Å². The van der Waals surface area contributed by atoms with Crippen LogP contribution in [0, 0.1) is 0 Å². The zero-order chi connectivity index (χ0) is 18.0. The molecule has 0 saturated carbocycles. The fourth-order valence-corrected chi connectivity index (χ4v) is 3.67. The highest BCUT2D eigenvalue weighted by atomic mass is 16.6. The lowest BCUT2D eigenvalue weighted by Crippen LogP contribution is -2.49. The molecule has 0 bridgehead atoms. The van der Waals surface area contributed by atoms with Crippen molar-refractivity contribution >= 4 is 12.0 Å². The van der Waals surface area contributed by atoms with Gasteiger partial charge < -0.3 is 24.1 Å². The Labute approximate surface area is 147 Å². The van der Waals surface area contributed by atoms with Crippen LogP contribution in [0.25, 0.3) is 0 Å². The van der Waals surface area contributed by atoms with E-state index in [1.165, 1.54) is 0 Å². The molecule has 2 amide bonds. The molecule has 1 N–H and O–H groups in total. The normalized spacial score (nSPS) is 20.8. The molecule has 0 unspecified atom stereocenters. The highest BCUT2D eigenvalue weighted by Gasteiger charge is 2.48. The number of rotatable bonds is 5. The molecule has 7 nitrogen and oxygen atoms in total. The van der Waals surface area contributed by atoms with Gasteiger partial charge >= 0.3 is 6.09 Å². The summed E-state index contributed by atoms with van der Waals surface area (Å²) in [6.07, 6.45) is 3.01. The van der Waals surface area contributed by atoms with Crippen molar-refractivity contribution in [2.45, 2.75) is 57.8 Å². The van der Waals surface area contributed by atoms with Crippen LogP contribution in [-0.4, -0.2) is 58.2 Å². The lowest BCUT2D eigenvalue weighted by molar-refractivity contribution is 0.00211. The van der Waals surface area contributed by atoms with Gasteiger partial charge in [0.1, 0.15) is 18.0 Å². The van der Waals surface area contributed by atoms with E-state index in [0.717, 1.165) is 12.8 Å². The molecule has 3 heterocycles. The van der Waals surface area contributed by atoms with Gasteiger partial charge in [-0.1, -0.05) is 13.3 Å². The molecular weight excluding hydrogens is 324 g/mol. The predicted molar refractivity (Wildman–Crippen MR) is 90.1 cm³/mol. The van der Waals surface area contributed by atoms with E-state index in [1.807, 2.05) is 4.90 Å². The minimum Gasteiger partial charge on any atom is -0.453 e. The lowest BCUT2D eigenvalue weighted by atomic mass is 9.91. The number of ether oxygens (including phenoxy) is 1. The van der Waals surface area contributed by atoms with E-state index in [9.17, 15) is 9.59 Å². The Morgan fingerprint density at radius 1 is 1.36 bits per heavy atom. The first-order valence-electron chi connectivity index (χ1n) is 8.96. The molecule has 25 heavy (non-hydrogen) atoms. The Balaban J connectivity index is 1.60. The fourth-order valence-electron chi connectivity index (χ4n) is 3.67. The molecule has 1 aromatic rings. The third-order valence-electron chi connectivity index (χ3n) is 5.23. The molecule has 7 heteroatoms. The van der Waals surface area contributed by atoms with Crippen molar-refractivity contribution in [2.24, 2.45) is 0 Å². The molecule has 2 aliphatic rings. The standard InChI is InChI=1S/C18H26N2O5/c1-3-4-13(2)20-12-18(25-17(20)23)7-9-19(10-8-18)16(22)15-6-5-14(11-21)24-15/h5-6,13,21H,3-4,7-12H2,1-2H3/t13-/m1/s1. The number of furan rings is 1. The summed E-state index contributed by atoms with van der Waals surface area (Å²) in [6.45, 7) is 5.59. The summed E-state index contributed by atoms with van der Waals surface area (Å²) < 4.78 is 11.0. The summed E-state index contributed by atoms with van der Waals surface area (Å²) in [5.74, 6) is 0.429. The first-order chi connectivity index (χ1) is 12.0. The summed E-state index contributed by atoms with van der Waals surface area (Å²) in [5.41, 5.74) is -0.477. The molecule has 0 radical (unpaired) electrons. The molecule has 0 aliphatic carbocycles. The van der Waals surface area contributed by atoms with Gasteiger partial charge in [0, 0.05) is 32.0 Å². The number of nitrogens with zero attached hydrogens (tertiary/aromatic N) is 2. The summed E-state index contributed by atoms with van der Waals surface area (Å²) in [6, 6.07) is 3.36. The van der Waals surface area contributed by atoms with Gasteiger partial charge in [0.25, 0.3) is 5.91 Å². The maximum absolute atomic E-state index is 12.5. The molecule has 1 aromatic heterocycles. The van der Waals surface area contributed by atoms with Crippen molar-refractivity contribution in [3.05, 3.63) is 23.7 Å². The zero-order valence-corrected chi connectivity index (χ0v) is 14.9. The van der Waals surface area contributed by atoms with E-state index in [2.05, 4.69) is 13.8 Å². The van der Waals surface area contributed by atoms with Crippen LogP contribution in [0.4, 0.5) is 4.79 Å². The monoisotopic (exact) mass is 350 g/mol. The summed E-state index contributed by atoms with van der Waals surface area (Å²) >= 11 is 0. The van der Waals surface area contributed by atoms with Crippen LogP contribution in [-0.2, 0) is 11.3 Å². The second kappa shape index (κ2) is 7.07. The maximum atomic E-state index is 12.5. The Morgan fingerprint density at radius 2 is 2.08 bits per heavy atom. The van der Waals surface area contributed by atoms with Crippen LogP contribution in [0.3, 0.4) is 0 Å². The second-order valence-electron chi connectivity index (χ2n) is 7.03. The Kier molecular flexibility index (Phi) is 5.03. The van der Waals surface area contributed by atoms with E-state index < -0.39 is 5.60 Å². The van der Waals surface area contributed by atoms with E-state index in [1.54, 1.807) is 17.0 Å². The van der Waals surface area contributed by atoms with Crippen molar-refractivity contribution in [1.29, 1.82) is 0 Å². The minimum absolute atomic E-state index is 0.177. The number of aliphatic hydroxyl groups is 1. The molecule has 1 spiro atoms. The Hall–Kier alpha value is -2.02. The van der Waals surface area contributed by atoms with E-state index in [-0.39, 0.29) is 30.4 Å². The van der Waals surface area contributed by atoms with E-state index in [0.29, 0.717) is 38.2 Å². The summed E-state index contributed by atoms with van der Waals surface area (Å²) in [4.78, 5) is 28.2. The SMILES string of the molecule is CCC[C@@H](C)N1CC2(CCN(C(=O)c3ccc(CO)o3)CC2)OC1=O. The van der Waals surface area contributed by atoms with Crippen molar-refractivity contribution in [2.75, 3.05) is 19.6 Å². The molecule has 138 valence electrons. The lowest BCUT2D eigenvalue weighted by Gasteiger charge is -2.37. The minimum atomic E-state index is -0.477. The van der Waals surface area contributed by atoms with Gasteiger partial charge in [-0.3, -0.25) is 4.79 Å². The van der Waals surface area contributed by atoms with Gasteiger partial charge in [-0.2, -0.15) is 0 Å². The van der Waals surface area contributed by atoms with Crippen molar-refractivity contribution in [3.8, 4) is 0 Å². The Morgan fingerprint density at radius 3 is 2.68 bits per heavy atom. The van der Waals surface area contributed by atoms with Gasteiger partial charge in [-0.15, -0.1) is 0 Å². The quantitative estimate of drug-likeness (QED) is 0.881. The van der Waals surface area contributed by atoms with Crippen LogP contribution >= 0.6 is 0 Å². The molecule has 2 fully saturated rings. The summed E-state index contributed by atoms with van der Waals surface area (Å²) in [5, 5.41) is 9.04. The average molecular weight is 350 g/mol. The number of hydrogen-bond donors (Lipinski definition) is 1. The maximum Gasteiger partial charge on any atom is 0.410 e. The van der Waals surface area contributed by atoms with Crippen LogP contribution in [0.15, 0.2) is 16.5 Å². The molecule has 0 aromatic carbocycles. The molecule has 2 saturated heterocycles. The van der Waals surface area contributed by atoms with Gasteiger partial charge in [-0.25, -0.2) is 4.79 Å². The van der Waals surface area contributed by atoms with Crippen molar-refractivity contribution in [1.82, 2.24) is 9.80 Å². The van der Waals surface area contributed by atoms with Gasteiger partial charge in [0.05, 0.1) is 6.54 Å². The van der Waals surface area contributed by atoms with Crippen LogP contribution in [0.2, 0.25) is 0 Å². The first-order valence-corrected chi connectivity index (χ1v) is 8.96. The number of aliphatic hydroxyl groups excluding tert-OH is 1. The number of amides is 2. The van der Waals surface area contributed by atoms with Gasteiger partial charge in [0.15, 0.2) is 5.76 Å². The average Bonchev–Trinajstić information content (AvgIpc) is 3.20. The van der Waals surface area contributed by atoms with Gasteiger partial charge in [-0.05, 0) is 25.5 Å². The van der Waals surface area contributed by atoms with Gasteiger partial charge in [0.2, 0.25) is 0 Å². The molecule has 2 aliphatic heterocycles. The van der Waals surface area contributed by atoms with E-state index in [4.69, 9.17) is 14.3 Å². The largest absolute Gasteiger partial charge is 0.453 e. The Bertz CT molecular complexity index is 633. The smallest absolute Gasteiger partial charge is 0.410 e. The number of hydrogen-bond acceptors (Lipinski definition) is 5.